The first-order valence-electron chi connectivity index (χ1n) is 10.5. The van der Waals surface area contributed by atoms with Crippen molar-refractivity contribution in [1.29, 1.82) is 0 Å². The summed E-state index contributed by atoms with van der Waals surface area (Å²) in [6, 6.07) is 21.6. The summed E-state index contributed by atoms with van der Waals surface area (Å²) in [5.74, 6) is 0.409. The van der Waals surface area contributed by atoms with Crippen molar-refractivity contribution in [2.24, 2.45) is 0 Å². The molecule has 4 nitrogen and oxygen atoms in total. The SMILES string of the molecule is CCc1ccc(C(=O)Nc2cccc([C@@H]3SCC(=O)N3c3ccc(C)cc3C)c2)cc1. The average Bonchev–Trinajstić information content (AvgIpc) is 3.15. The molecule has 0 spiro atoms. The third kappa shape index (κ3) is 4.52. The van der Waals surface area contributed by atoms with Crippen molar-refractivity contribution >= 4 is 35.0 Å². The molecule has 0 radical (unpaired) electrons. The summed E-state index contributed by atoms with van der Waals surface area (Å²) in [5.41, 5.74) is 6.75. The fourth-order valence-electron chi connectivity index (χ4n) is 3.87. The number of hydrogen-bond acceptors (Lipinski definition) is 3. The lowest BCUT2D eigenvalue weighted by Crippen LogP contribution is -2.28. The van der Waals surface area contributed by atoms with Gasteiger partial charge in [0.15, 0.2) is 0 Å². The molecule has 1 saturated heterocycles. The van der Waals surface area contributed by atoms with Gasteiger partial charge in [0.05, 0.1) is 5.75 Å². The predicted molar refractivity (Wildman–Crippen MR) is 129 cm³/mol. The molecule has 0 bridgehead atoms. The number of benzene rings is 3. The molecule has 4 rings (SSSR count). The number of nitrogens with one attached hydrogen (secondary N) is 1. The molecule has 1 atom stereocenters. The van der Waals surface area contributed by atoms with Crippen molar-refractivity contribution in [3.63, 3.8) is 0 Å². The second-order valence-corrected chi connectivity index (χ2v) is 8.92. The van der Waals surface area contributed by atoms with E-state index in [1.807, 2.05) is 72.5 Å². The van der Waals surface area contributed by atoms with Gasteiger partial charge >= 0.3 is 0 Å². The Hall–Kier alpha value is -3.05. The van der Waals surface area contributed by atoms with Gasteiger partial charge in [-0.2, -0.15) is 0 Å². The highest BCUT2D eigenvalue weighted by Gasteiger charge is 2.34. The molecule has 5 heteroatoms. The number of amides is 2. The van der Waals surface area contributed by atoms with Crippen molar-refractivity contribution in [1.82, 2.24) is 0 Å². The lowest BCUT2D eigenvalue weighted by Gasteiger charge is -2.26. The van der Waals surface area contributed by atoms with Crippen molar-refractivity contribution in [3.05, 3.63) is 94.5 Å². The number of hydrogen-bond donors (Lipinski definition) is 1. The van der Waals surface area contributed by atoms with Gasteiger partial charge in [0.2, 0.25) is 5.91 Å². The zero-order chi connectivity index (χ0) is 22.0. The summed E-state index contributed by atoms with van der Waals surface area (Å²) in [7, 11) is 0. The predicted octanol–water partition coefficient (Wildman–Crippen LogP) is 5.90. The number of thioether (sulfide) groups is 1. The van der Waals surface area contributed by atoms with E-state index in [0.717, 1.165) is 28.9 Å². The standard InChI is InChI=1S/C26H26N2O2S/c1-4-19-9-11-20(12-10-19)25(30)27-22-7-5-6-21(15-22)26-28(24(29)16-31-26)23-13-8-17(2)14-18(23)3/h5-15,26H,4,16H2,1-3H3,(H,27,30)/t26-/m0/s1. The summed E-state index contributed by atoms with van der Waals surface area (Å²) in [5, 5.41) is 2.88. The van der Waals surface area contributed by atoms with Gasteiger partial charge in [0, 0.05) is 16.9 Å². The van der Waals surface area contributed by atoms with Crippen LogP contribution in [-0.4, -0.2) is 17.6 Å². The smallest absolute Gasteiger partial charge is 0.255 e. The lowest BCUT2D eigenvalue weighted by molar-refractivity contribution is -0.115. The highest BCUT2D eigenvalue weighted by molar-refractivity contribution is 8.00. The van der Waals surface area contributed by atoms with Crippen molar-refractivity contribution in [2.45, 2.75) is 32.6 Å². The normalized spacial score (nSPS) is 15.9. The van der Waals surface area contributed by atoms with Crippen molar-refractivity contribution in [2.75, 3.05) is 16.0 Å². The molecule has 0 aromatic heterocycles. The maximum Gasteiger partial charge on any atom is 0.255 e. The van der Waals surface area contributed by atoms with Crippen LogP contribution in [0.5, 0.6) is 0 Å². The van der Waals surface area contributed by atoms with Crippen LogP contribution >= 0.6 is 11.8 Å². The Morgan fingerprint density at radius 1 is 1.06 bits per heavy atom. The van der Waals surface area contributed by atoms with E-state index in [9.17, 15) is 9.59 Å². The quantitative estimate of drug-likeness (QED) is 0.548. The number of aryl methyl sites for hydroxylation is 3. The number of nitrogens with zero attached hydrogens (tertiary/aromatic N) is 1. The van der Waals surface area contributed by atoms with Crippen LogP contribution < -0.4 is 10.2 Å². The highest BCUT2D eigenvalue weighted by atomic mass is 32.2. The molecule has 158 valence electrons. The lowest BCUT2D eigenvalue weighted by atomic mass is 10.1. The van der Waals surface area contributed by atoms with Crippen LogP contribution in [0.1, 0.15) is 44.9 Å². The van der Waals surface area contributed by atoms with Crippen LogP contribution in [0, 0.1) is 13.8 Å². The summed E-state index contributed by atoms with van der Waals surface area (Å²) in [6.45, 7) is 6.18. The van der Waals surface area contributed by atoms with E-state index in [0.29, 0.717) is 11.3 Å². The molecule has 1 aliphatic rings. The van der Waals surface area contributed by atoms with Crippen molar-refractivity contribution in [3.8, 4) is 0 Å². The van der Waals surface area contributed by atoms with Gasteiger partial charge < -0.3 is 5.32 Å². The molecular weight excluding hydrogens is 404 g/mol. The van der Waals surface area contributed by atoms with Crippen LogP contribution in [0.3, 0.4) is 0 Å². The minimum atomic E-state index is -0.138. The molecule has 0 aliphatic carbocycles. The average molecular weight is 431 g/mol. The zero-order valence-electron chi connectivity index (χ0n) is 18.0. The summed E-state index contributed by atoms with van der Waals surface area (Å²) in [6.07, 6.45) is 0.943. The topological polar surface area (TPSA) is 49.4 Å². The number of carbonyl (C=O) groups excluding carboxylic acids is 2. The molecule has 3 aromatic carbocycles. The molecule has 3 aromatic rings. The van der Waals surface area contributed by atoms with E-state index < -0.39 is 0 Å². The molecule has 2 amide bonds. The fraction of sp³-hybridized carbons (Fsp3) is 0.231. The van der Waals surface area contributed by atoms with Gasteiger partial charge in [0.25, 0.3) is 5.91 Å². The molecule has 0 unspecified atom stereocenters. The first kappa shape index (κ1) is 21.2. The Kier molecular flexibility index (Phi) is 6.14. The maximum atomic E-state index is 12.7. The van der Waals surface area contributed by atoms with Gasteiger partial charge in [-0.1, -0.05) is 48.9 Å². The molecule has 1 heterocycles. The van der Waals surface area contributed by atoms with Crippen LogP contribution in [0.2, 0.25) is 0 Å². The number of rotatable bonds is 5. The van der Waals surface area contributed by atoms with E-state index in [4.69, 9.17) is 0 Å². The molecule has 1 aliphatic heterocycles. The molecule has 31 heavy (non-hydrogen) atoms. The first-order valence-corrected chi connectivity index (χ1v) is 11.5. The summed E-state index contributed by atoms with van der Waals surface area (Å²) < 4.78 is 0. The molecular formula is C26H26N2O2S. The second-order valence-electron chi connectivity index (χ2n) is 7.85. The second kappa shape index (κ2) is 8.98. The third-order valence-electron chi connectivity index (χ3n) is 5.53. The number of carbonyl (C=O) groups is 2. The fourth-order valence-corrected chi connectivity index (χ4v) is 5.03. The van der Waals surface area contributed by atoms with Crippen LogP contribution in [0.25, 0.3) is 0 Å². The first-order chi connectivity index (χ1) is 15.0. The summed E-state index contributed by atoms with van der Waals surface area (Å²) >= 11 is 1.61. The molecule has 1 N–H and O–H groups in total. The molecule has 1 fully saturated rings. The maximum absolute atomic E-state index is 12.7. The van der Waals surface area contributed by atoms with Gasteiger partial charge in [-0.15, -0.1) is 11.8 Å². The monoisotopic (exact) mass is 430 g/mol. The Labute approximate surface area is 187 Å². The molecule has 0 saturated carbocycles. The van der Waals surface area contributed by atoms with Crippen molar-refractivity contribution < 1.29 is 9.59 Å². The third-order valence-corrected chi connectivity index (χ3v) is 6.75. The minimum Gasteiger partial charge on any atom is -0.322 e. The minimum absolute atomic E-state index is 0.104. The van der Waals surface area contributed by atoms with Crippen LogP contribution in [0.4, 0.5) is 11.4 Å². The van der Waals surface area contributed by atoms with E-state index in [2.05, 4.69) is 25.2 Å². The van der Waals surface area contributed by atoms with Gasteiger partial charge in [0.1, 0.15) is 5.37 Å². The zero-order valence-corrected chi connectivity index (χ0v) is 18.8. The Balaban J connectivity index is 1.58. The highest BCUT2D eigenvalue weighted by Crippen LogP contribution is 2.43. The summed E-state index contributed by atoms with van der Waals surface area (Å²) in [4.78, 5) is 27.3. The van der Waals surface area contributed by atoms with Gasteiger partial charge in [-0.3, -0.25) is 14.5 Å². The number of anilines is 2. The van der Waals surface area contributed by atoms with Crippen LogP contribution in [-0.2, 0) is 11.2 Å². The Bertz CT molecular complexity index is 1120. The Morgan fingerprint density at radius 3 is 2.55 bits per heavy atom. The Morgan fingerprint density at radius 2 is 1.84 bits per heavy atom. The van der Waals surface area contributed by atoms with E-state index in [1.54, 1.807) is 11.8 Å². The van der Waals surface area contributed by atoms with Crippen LogP contribution in [0.15, 0.2) is 66.7 Å². The van der Waals surface area contributed by atoms with E-state index >= 15 is 0 Å². The van der Waals surface area contributed by atoms with Gasteiger partial charge in [-0.25, -0.2) is 0 Å². The van der Waals surface area contributed by atoms with E-state index in [-0.39, 0.29) is 17.2 Å². The largest absolute Gasteiger partial charge is 0.322 e. The van der Waals surface area contributed by atoms with E-state index in [1.165, 1.54) is 11.1 Å². The van der Waals surface area contributed by atoms with Gasteiger partial charge in [-0.05, 0) is 67.3 Å².